The van der Waals surface area contributed by atoms with E-state index in [0.29, 0.717) is 16.6 Å². The van der Waals surface area contributed by atoms with Crippen molar-refractivity contribution >= 4 is 23.2 Å². The van der Waals surface area contributed by atoms with Crippen molar-refractivity contribution in [1.82, 2.24) is 26.4 Å². The molecule has 0 aliphatic rings. The van der Waals surface area contributed by atoms with Crippen molar-refractivity contribution in [2.75, 3.05) is 6.54 Å². The van der Waals surface area contributed by atoms with Gasteiger partial charge >= 0.3 is 0 Å². The van der Waals surface area contributed by atoms with Gasteiger partial charge in [-0.05, 0) is 42.9 Å². The van der Waals surface area contributed by atoms with Gasteiger partial charge in [0.25, 0.3) is 5.91 Å². The largest absolute Gasteiger partial charge is 0.423 e. The van der Waals surface area contributed by atoms with Gasteiger partial charge < -0.3 is 9.73 Å². The molecular formula is C15H19N5O2S. The van der Waals surface area contributed by atoms with E-state index in [1.54, 1.807) is 24.3 Å². The molecule has 1 aromatic heterocycles. The number of hydrogen-bond donors (Lipinski definition) is 3. The highest BCUT2D eigenvalue weighted by atomic mass is 32.1. The fraction of sp³-hybridized carbons (Fsp3) is 0.333. The Morgan fingerprint density at radius 1 is 1.22 bits per heavy atom. The summed E-state index contributed by atoms with van der Waals surface area (Å²) >= 11 is 5.08. The number of amides is 1. The van der Waals surface area contributed by atoms with Crippen LogP contribution in [-0.2, 0) is 0 Å². The van der Waals surface area contributed by atoms with Crippen molar-refractivity contribution in [3.63, 3.8) is 0 Å². The number of benzene rings is 1. The number of hydrazine groups is 1. The maximum atomic E-state index is 12.0. The van der Waals surface area contributed by atoms with Gasteiger partial charge in [0.2, 0.25) is 12.3 Å². The molecule has 0 saturated carbocycles. The minimum Gasteiger partial charge on any atom is -0.423 e. The fourth-order valence-electron chi connectivity index (χ4n) is 1.87. The molecule has 7 nitrogen and oxygen atoms in total. The lowest BCUT2D eigenvalue weighted by Gasteiger charge is -2.11. The van der Waals surface area contributed by atoms with Crippen LogP contribution in [0.4, 0.5) is 0 Å². The molecular weight excluding hydrogens is 314 g/mol. The summed E-state index contributed by atoms with van der Waals surface area (Å²) in [6, 6.07) is 6.83. The van der Waals surface area contributed by atoms with Gasteiger partial charge in [0.15, 0.2) is 5.11 Å². The summed E-state index contributed by atoms with van der Waals surface area (Å²) in [5.74, 6) is 0.132. The van der Waals surface area contributed by atoms with Crippen LogP contribution in [0.3, 0.4) is 0 Å². The Morgan fingerprint density at radius 2 is 2.00 bits per heavy atom. The molecule has 2 rings (SSSR count). The summed E-state index contributed by atoms with van der Waals surface area (Å²) in [7, 11) is 0. The van der Waals surface area contributed by atoms with E-state index < -0.39 is 0 Å². The summed E-state index contributed by atoms with van der Waals surface area (Å²) < 4.78 is 5.09. The summed E-state index contributed by atoms with van der Waals surface area (Å²) in [6.07, 6.45) is 4.60. The smallest absolute Gasteiger partial charge is 0.269 e. The van der Waals surface area contributed by atoms with Gasteiger partial charge in [-0.1, -0.05) is 19.8 Å². The number of nitrogens with zero attached hydrogens (tertiary/aromatic N) is 2. The van der Waals surface area contributed by atoms with E-state index >= 15 is 0 Å². The van der Waals surface area contributed by atoms with Crippen LogP contribution in [-0.4, -0.2) is 27.8 Å². The molecule has 3 N–H and O–H groups in total. The van der Waals surface area contributed by atoms with Crippen LogP contribution in [0.25, 0.3) is 11.5 Å². The monoisotopic (exact) mass is 333 g/mol. The molecule has 0 aliphatic carbocycles. The lowest BCUT2D eigenvalue weighted by atomic mass is 10.1. The molecule has 122 valence electrons. The molecule has 1 amide bonds. The van der Waals surface area contributed by atoms with E-state index in [9.17, 15) is 4.79 Å². The number of aromatic nitrogens is 2. The summed E-state index contributed by atoms with van der Waals surface area (Å²) in [5, 5.41) is 10.9. The first-order chi connectivity index (χ1) is 11.2. The number of nitrogens with one attached hydrogen (secondary N) is 3. The van der Waals surface area contributed by atoms with Crippen LogP contribution in [0.15, 0.2) is 35.1 Å². The zero-order chi connectivity index (χ0) is 16.5. The molecule has 0 saturated heterocycles. The average molecular weight is 333 g/mol. The van der Waals surface area contributed by atoms with Crippen LogP contribution in [0.5, 0.6) is 0 Å². The Morgan fingerprint density at radius 3 is 2.65 bits per heavy atom. The summed E-state index contributed by atoms with van der Waals surface area (Å²) in [4.78, 5) is 12.0. The van der Waals surface area contributed by atoms with E-state index in [4.69, 9.17) is 16.6 Å². The molecule has 0 radical (unpaired) electrons. The quantitative estimate of drug-likeness (QED) is 0.423. The highest BCUT2D eigenvalue weighted by Crippen LogP contribution is 2.16. The van der Waals surface area contributed by atoms with E-state index in [2.05, 4.69) is 33.3 Å². The SMILES string of the molecule is CCCCCNC(=S)NNC(=O)c1ccc(-c2nnco2)cc1. The molecule has 0 aliphatic heterocycles. The van der Waals surface area contributed by atoms with Crippen molar-refractivity contribution in [3.05, 3.63) is 36.2 Å². The van der Waals surface area contributed by atoms with Gasteiger partial charge in [0, 0.05) is 17.7 Å². The number of carbonyl (C=O) groups is 1. The van der Waals surface area contributed by atoms with E-state index in [0.717, 1.165) is 31.4 Å². The molecule has 0 fully saturated rings. The van der Waals surface area contributed by atoms with Crippen molar-refractivity contribution in [2.45, 2.75) is 26.2 Å². The Bertz CT molecular complexity index is 628. The minimum absolute atomic E-state index is 0.278. The molecule has 2 aromatic rings. The highest BCUT2D eigenvalue weighted by Gasteiger charge is 2.08. The number of hydrogen-bond acceptors (Lipinski definition) is 5. The molecule has 0 spiro atoms. The van der Waals surface area contributed by atoms with Crippen molar-refractivity contribution in [2.24, 2.45) is 0 Å². The molecule has 1 heterocycles. The molecule has 8 heteroatoms. The van der Waals surface area contributed by atoms with E-state index in [-0.39, 0.29) is 5.91 Å². The van der Waals surface area contributed by atoms with Crippen molar-refractivity contribution < 1.29 is 9.21 Å². The predicted molar refractivity (Wildman–Crippen MR) is 90.5 cm³/mol. The fourth-order valence-corrected chi connectivity index (χ4v) is 2.02. The van der Waals surface area contributed by atoms with Gasteiger partial charge in [-0.2, -0.15) is 0 Å². The van der Waals surface area contributed by atoms with Gasteiger partial charge in [-0.3, -0.25) is 15.6 Å². The van der Waals surface area contributed by atoms with Crippen LogP contribution in [0, 0.1) is 0 Å². The van der Waals surface area contributed by atoms with Gasteiger partial charge in [-0.15, -0.1) is 10.2 Å². The Hall–Kier alpha value is -2.48. The number of rotatable bonds is 6. The number of thiocarbonyl (C=S) groups is 1. The van der Waals surface area contributed by atoms with Crippen LogP contribution in [0.1, 0.15) is 36.5 Å². The topological polar surface area (TPSA) is 92.1 Å². The predicted octanol–water partition coefficient (Wildman–Crippen LogP) is 2.04. The standard InChI is InChI=1S/C15H19N5O2S/c1-2-3-4-9-16-15(23)20-18-13(21)11-5-7-12(8-6-11)14-19-17-10-22-14/h5-8,10H,2-4,9H2,1H3,(H,18,21)(H2,16,20,23). The molecule has 0 bridgehead atoms. The van der Waals surface area contributed by atoms with Crippen molar-refractivity contribution in [3.8, 4) is 11.5 Å². The molecule has 0 atom stereocenters. The Kier molecular flexibility index (Phi) is 6.49. The normalized spacial score (nSPS) is 10.1. The molecule has 1 aromatic carbocycles. The third-order valence-electron chi connectivity index (χ3n) is 3.11. The second-order valence-electron chi connectivity index (χ2n) is 4.86. The van der Waals surface area contributed by atoms with Gasteiger partial charge in [0.1, 0.15) is 0 Å². The zero-order valence-corrected chi connectivity index (χ0v) is 13.7. The maximum Gasteiger partial charge on any atom is 0.269 e. The summed E-state index contributed by atoms with van der Waals surface area (Å²) in [5.41, 5.74) is 6.47. The van der Waals surface area contributed by atoms with Gasteiger partial charge in [0.05, 0.1) is 0 Å². The minimum atomic E-state index is -0.278. The van der Waals surface area contributed by atoms with Crippen LogP contribution in [0.2, 0.25) is 0 Å². The van der Waals surface area contributed by atoms with E-state index in [1.165, 1.54) is 6.39 Å². The van der Waals surface area contributed by atoms with Gasteiger partial charge in [-0.25, -0.2) is 0 Å². The average Bonchev–Trinajstić information content (AvgIpc) is 3.11. The lowest BCUT2D eigenvalue weighted by molar-refractivity contribution is 0.0943. The van der Waals surface area contributed by atoms with Crippen molar-refractivity contribution in [1.29, 1.82) is 0 Å². The number of carbonyl (C=O) groups excluding carboxylic acids is 1. The third kappa shape index (κ3) is 5.33. The first-order valence-electron chi connectivity index (χ1n) is 7.41. The summed E-state index contributed by atoms with van der Waals surface area (Å²) in [6.45, 7) is 2.93. The van der Waals surface area contributed by atoms with Crippen LogP contribution >= 0.6 is 12.2 Å². The zero-order valence-electron chi connectivity index (χ0n) is 12.8. The first kappa shape index (κ1) is 16.9. The highest BCUT2D eigenvalue weighted by molar-refractivity contribution is 7.80. The Labute approximate surface area is 139 Å². The Balaban J connectivity index is 1.78. The third-order valence-corrected chi connectivity index (χ3v) is 3.36. The second-order valence-corrected chi connectivity index (χ2v) is 5.27. The first-order valence-corrected chi connectivity index (χ1v) is 7.82. The maximum absolute atomic E-state index is 12.0. The second kappa shape index (κ2) is 8.84. The molecule has 0 unspecified atom stereocenters. The molecule has 23 heavy (non-hydrogen) atoms. The number of unbranched alkanes of at least 4 members (excludes halogenated alkanes) is 2. The van der Waals surface area contributed by atoms with E-state index in [1.807, 2.05) is 0 Å². The lowest BCUT2D eigenvalue weighted by Crippen LogP contribution is -2.46. The van der Waals surface area contributed by atoms with Crippen LogP contribution < -0.4 is 16.2 Å².